The van der Waals surface area contributed by atoms with Crippen LogP contribution in [0.25, 0.3) is 0 Å². The molecule has 8 heteroatoms. The molecule has 6 nitrogen and oxygen atoms in total. The molecule has 1 aliphatic carbocycles. The molecule has 5 rings (SSSR count). The summed E-state index contributed by atoms with van der Waals surface area (Å²) in [6.07, 6.45) is 7.04. The lowest BCUT2D eigenvalue weighted by molar-refractivity contribution is 0.0427. The van der Waals surface area contributed by atoms with E-state index in [0.717, 1.165) is 36.0 Å². The molecule has 2 aromatic rings. The van der Waals surface area contributed by atoms with Crippen LogP contribution < -0.4 is 0 Å². The van der Waals surface area contributed by atoms with Crippen LogP contribution in [0.2, 0.25) is 10.0 Å². The average molecular weight is 581 g/mol. The third kappa shape index (κ3) is 6.02. The van der Waals surface area contributed by atoms with Gasteiger partial charge in [0.05, 0.1) is 36.8 Å². The first-order valence-electron chi connectivity index (χ1n) is 14.1. The number of nitrogens with zero attached hydrogens (tertiary/aromatic N) is 3. The van der Waals surface area contributed by atoms with Gasteiger partial charge in [-0.05, 0) is 80.5 Å². The van der Waals surface area contributed by atoms with Crippen LogP contribution in [-0.4, -0.2) is 52.8 Å². The highest BCUT2D eigenvalue weighted by atomic mass is 35.5. The number of piperidine rings is 2. The zero-order valence-electron chi connectivity index (χ0n) is 22.7. The average Bonchev–Trinajstić information content (AvgIpc) is 2.97. The third-order valence-corrected chi connectivity index (χ3v) is 8.72. The van der Waals surface area contributed by atoms with Crippen LogP contribution in [0, 0.1) is 17.2 Å². The number of hydrogen-bond donors (Lipinski definition) is 1. The maximum atomic E-state index is 14.6. The quantitative estimate of drug-likeness (QED) is 0.404. The topological polar surface area (TPSA) is 76.8 Å². The monoisotopic (exact) mass is 579 g/mol. The lowest BCUT2D eigenvalue weighted by Crippen LogP contribution is -2.56. The molecule has 2 aliphatic heterocycles. The molecule has 5 atom stereocenters. The van der Waals surface area contributed by atoms with E-state index in [-0.39, 0.29) is 30.0 Å². The summed E-state index contributed by atoms with van der Waals surface area (Å²) in [5.41, 5.74) is 3.06. The van der Waals surface area contributed by atoms with E-state index < -0.39 is 6.10 Å². The molecule has 40 heavy (non-hydrogen) atoms. The highest BCUT2D eigenvalue weighted by Gasteiger charge is 2.46. The van der Waals surface area contributed by atoms with Crippen LogP contribution in [0.3, 0.4) is 0 Å². The number of urea groups is 1. The predicted octanol–water partition coefficient (Wildman–Crippen LogP) is 7.25. The van der Waals surface area contributed by atoms with Gasteiger partial charge in [-0.1, -0.05) is 53.5 Å². The van der Waals surface area contributed by atoms with E-state index in [9.17, 15) is 15.2 Å². The number of benzene rings is 2. The van der Waals surface area contributed by atoms with Crippen LogP contribution in [0.1, 0.15) is 62.1 Å². The lowest BCUT2D eigenvalue weighted by Gasteiger charge is -2.50. The van der Waals surface area contributed by atoms with E-state index in [2.05, 4.69) is 12.1 Å². The molecule has 1 N–H and O–H groups in total. The summed E-state index contributed by atoms with van der Waals surface area (Å²) in [6.45, 7) is 3.31. The maximum Gasteiger partial charge on any atom is 0.321 e. The molecule has 3 aliphatic rings. The van der Waals surface area contributed by atoms with Gasteiger partial charge in [0.1, 0.15) is 5.76 Å². The van der Waals surface area contributed by atoms with Crippen molar-refractivity contribution in [3.05, 3.63) is 93.2 Å². The number of ether oxygens (including phenoxy) is 1. The fourth-order valence-electron chi connectivity index (χ4n) is 6.36. The molecule has 0 spiro atoms. The number of halogens is 2. The first-order valence-corrected chi connectivity index (χ1v) is 14.9. The van der Waals surface area contributed by atoms with Gasteiger partial charge < -0.3 is 19.6 Å². The van der Waals surface area contributed by atoms with Gasteiger partial charge in [-0.25, -0.2) is 4.79 Å². The van der Waals surface area contributed by atoms with Crippen molar-refractivity contribution >= 4 is 29.2 Å². The summed E-state index contributed by atoms with van der Waals surface area (Å²) in [4.78, 5) is 18.4. The summed E-state index contributed by atoms with van der Waals surface area (Å²) < 4.78 is 6.07. The van der Waals surface area contributed by atoms with E-state index >= 15 is 0 Å². The summed E-state index contributed by atoms with van der Waals surface area (Å²) in [5.74, 6) is 0.440. The second-order valence-electron chi connectivity index (χ2n) is 10.8. The smallest absolute Gasteiger partial charge is 0.321 e. The molecule has 2 heterocycles. The van der Waals surface area contributed by atoms with Crippen molar-refractivity contribution in [2.24, 2.45) is 5.92 Å². The number of allylic oxidation sites excluding steroid dienone is 2. The number of hydrogen-bond acceptors (Lipinski definition) is 4. The van der Waals surface area contributed by atoms with E-state index in [1.54, 1.807) is 4.90 Å². The Balaban J connectivity index is 1.63. The Morgan fingerprint density at radius 3 is 2.35 bits per heavy atom. The lowest BCUT2D eigenvalue weighted by atomic mass is 9.75. The highest BCUT2D eigenvalue weighted by molar-refractivity contribution is 6.30. The first-order chi connectivity index (χ1) is 19.4. The minimum absolute atomic E-state index is 0.0175. The van der Waals surface area contributed by atoms with Gasteiger partial charge >= 0.3 is 6.03 Å². The Morgan fingerprint density at radius 1 is 1.05 bits per heavy atom. The van der Waals surface area contributed by atoms with E-state index in [1.165, 1.54) is 0 Å². The first kappa shape index (κ1) is 28.5. The minimum atomic E-state index is -0.536. The van der Waals surface area contributed by atoms with E-state index in [4.69, 9.17) is 27.9 Å². The molecule has 0 aromatic heterocycles. The second-order valence-corrected chi connectivity index (χ2v) is 11.6. The van der Waals surface area contributed by atoms with Gasteiger partial charge in [-0.2, -0.15) is 5.26 Å². The zero-order chi connectivity index (χ0) is 28.2. The van der Waals surface area contributed by atoms with Crippen molar-refractivity contribution in [3.8, 4) is 6.07 Å². The molecular formula is C32H35Cl2N3O3. The molecule has 210 valence electrons. The summed E-state index contributed by atoms with van der Waals surface area (Å²) in [7, 11) is 0. The number of rotatable bonds is 5. The predicted molar refractivity (Wildman–Crippen MR) is 157 cm³/mol. The second kappa shape index (κ2) is 12.7. The Kier molecular flexibility index (Phi) is 9.05. The number of nitriles is 1. The Hall–Kier alpha value is -2.98. The fraction of sp³-hybridized carbons (Fsp3) is 0.438. The van der Waals surface area contributed by atoms with Gasteiger partial charge in [-0.3, -0.25) is 0 Å². The molecular weight excluding hydrogens is 545 g/mol. The highest BCUT2D eigenvalue weighted by Crippen LogP contribution is 2.48. The van der Waals surface area contributed by atoms with E-state index in [0.29, 0.717) is 48.3 Å². The molecule has 2 fully saturated rings. The van der Waals surface area contributed by atoms with Gasteiger partial charge in [-0.15, -0.1) is 0 Å². The van der Waals surface area contributed by atoms with Crippen LogP contribution in [0.4, 0.5) is 4.79 Å². The van der Waals surface area contributed by atoms with Crippen LogP contribution in [-0.2, 0) is 4.74 Å². The fourth-order valence-corrected chi connectivity index (χ4v) is 6.61. The van der Waals surface area contributed by atoms with Crippen LogP contribution >= 0.6 is 23.2 Å². The number of β-amino-alcohol motifs (C(OH)–C–C–N with tert-alkyl or cyclic N) is 1. The number of likely N-dealkylation sites (tertiary alicyclic amines) is 2. The van der Waals surface area contributed by atoms with Crippen molar-refractivity contribution in [2.45, 2.75) is 63.1 Å². The minimum Gasteiger partial charge on any atom is -0.494 e. The van der Waals surface area contributed by atoms with Crippen molar-refractivity contribution in [2.75, 3.05) is 19.7 Å². The van der Waals surface area contributed by atoms with Gasteiger partial charge in [0, 0.05) is 34.6 Å². The summed E-state index contributed by atoms with van der Waals surface area (Å²) in [6, 6.07) is 17.3. The Morgan fingerprint density at radius 2 is 1.73 bits per heavy atom. The van der Waals surface area contributed by atoms with Crippen molar-refractivity contribution in [3.63, 3.8) is 0 Å². The maximum absolute atomic E-state index is 14.6. The molecule has 0 saturated carbocycles. The Bertz CT molecular complexity index is 1300. The number of aliphatic hydroxyl groups is 1. The number of amides is 2. The van der Waals surface area contributed by atoms with Gasteiger partial charge in [0.2, 0.25) is 0 Å². The number of aliphatic hydroxyl groups excluding tert-OH is 1. The normalized spacial score (nSPS) is 26.9. The largest absolute Gasteiger partial charge is 0.494 e. The Labute approximate surface area is 246 Å². The molecule has 2 aromatic carbocycles. The molecule has 0 radical (unpaired) electrons. The molecule has 2 amide bonds. The molecule has 5 unspecified atom stereocenters. The SMILES string of the molecule is CCOC1=CC(C#N)CC=C1C1CCC(c2ccc(Cl)cc2)C(c2ccc(Cl)cc2)N1C(=O)N1CCCC(O)C1. The summed E-state index contributed by atoms with van der Waals surface area (Å²) in [5, 5.41) is 21.4. The van der Waals surface area contributed by atoms with Crippen LogP contribution in [0.15, 0.2) is 72.0 Å². The van der Waals surface area contributed by atoms with Crippen molar-refractivity contribution in [1.29, 1.82) is 5.26 Å². The van der Waals surface area contributed by atoms with Crippen LogP contribution in [0.5, 0.6) is 0 Å². The van der Waals surface area contributed by atoms with Crippen molar-refractivity contribution in [1.82, 2.24) is 9.80 Å². The standard InChI is InChI=1S/C32H35Cl2N3O3/c1-2-40-30-18-21(19-35)5-14-28(30)29-16-15-27(22-6-10-24(33)11-7-22)31(23-8-12-25(34)13-9-23)37(29)32(39)36-17-3-4-26(38)20-36/h6-14,18,21,26-27,29,31,38H,2-5,15-17,20H2,1H3. The van der Waals surface area contributed by atoms with Gasteiger partial charge in [0.15, 0.2) is 0 Å². The number of carbonyl (C=O) groups is 1. The van der Waals surface area contributed by atoms with Gasteiger partial charge in [0.25, 0.3) is 0 Å². The summed E-state index contributed by atoms with van der Waals surface area (Å²) >= 11 is 12.5. The third-order valence-electron chi connectivity index (χ3n) is 8.22. The zero-order valence-corrected chi connectivity index (χ0v) is 24.2. The molecule has 0 bridgehead atoms. The number of carbonyl (C=O) groups excluding carboxylic acids is 1. The molecule has 2 saturated heterocycles. The van der Waals surface area contributed by atoms with E-state index in [1.807, 2.05) is 66.4 Å². The van der Waals surface area contributed by atoms with Crippen molar-refractivity contribution < 1.29 is 14.6 Å².